The summed E-state index contributed by atoms with van der Waals surface area (Å²) in [5.41, 5.74) is 3.82. The average molecular weight is 349 g/mol. The maximum absolute atomic E-state index is 12.4. The quantitative estimate of drug-likeness (QED) is 0.833. The van der Waals surface area contributed by atoms with Crippen molar-refractivity contribution in [3.05, 3.63) is 65.0 Å². The number of amides is 1. The first-order valence-corrected chi connectivity index (χ1v) is 8.79. The van der Waals surface area contributed by atoms with E-state index in [0.717, 1.165) is 16.8 Å². The number of hydrogen-bond acceptors (Lipinski definition) is 4. The molecule has 5 heteroatoms. The number of ketones is 1. The van der Waals surface area contributed by atoms with Gasteiger partial charge in [0.2, 0.25) is 5.91 Å². The van der Waals surface area contributed by atoms with Crippen molar-refractivity contribution >= 4 is 17.5 Å². The van der Waals surface area contributed by atoms with E-state index in [4.69, 9.17) is 0 Å². The Bertz CT molecular complexity index is 859. The van der Waals surface area contributed by atoms with Gasteiger partial charge in [0.25, 0.3) is 0 Å². The molecule has 1 amide bonds. The second kappa shape index (κ2) is 7.60. The summed E-state index contributed by atoms with van der Waals surface area (Å²) in [6.07, 6.45) is 2.55. The van der Waals surface area contributed by atoms with E-state index in [2.05, 4.69) is 29.0 Å². The van der Waals surface area contributed by atoms with E-state index in [0.29, 0.717) is 25.2 Å². The molecule has 0 spiro atoms. The van der Waals surface area contributed by atoms with Crippen LogP contribution in [0.3, 0.4) is 0 Å². The largest absolute Gasteiger partial charge is 0.300 e. The highest BCUT2D eigenvalue weighted by Crippen LogP contribution is 2.22. The van der Waals surface area contributed by atoms with Gasteiger partial charge in [0.1, 0.15) is 11.6 Å². The maximum atomic E-state index is 12.4. The molecule has 0 saturated carbocycles. The van der Waals surface area contributed by atoms with E-state index >= 15 is 0 Å². The van der Waals surface area contributed by atoms with E-state index in [9.17, 15) is 9.59 Å². The summed E-state index contributed by atoms with van der Waals surface area (Å²) in [4.78, 5) is 34.4. The molecular formula is C21H23N3O2. The molecule has 1 aromatic carbocycles. The maximum Gasteiger partial charge on any atom is 0.224 e. The standard InChI is InChI=1S/C21H23N3O2/c1-14(16-7-5-4-6-8-16)9-19(26)11-18-10-17-12-23-21(20(17)13-22-18)24(3)15(2)25/h4-8,10,13-14H,9,11-12H2,1-3H3/t14-/m0/s1. The Morgan fingerprint density at radius 1 is 1.23 bits per heavy atom. The number of amidine groups is 1. The minimum atomic E-state index is -0.0641. The second-order valence-corrected chi connectivity index (χ2v) is 6.78. The molecule has 5 nitrogen and oxygen atoms in total. The van der Waals surface area contributed by atoms with Crippen LogP contribution in [0.2, 0.25) is 0 Å². The van der Waals surface area contributed by atoms with Gasteiger partial charge in [-0.3, -0.25) is 24.5 Å². The van der Waals surface area contributed by atoms with Crippen molar-refractivity contribution in [3.63, 3.8) is 0 Å². The van der Waals surface area contributed by atoms with Gasteiger partial charge in [-0.2, -0.15) is 0 Å². The van der Waals surface area contributed by atoms with Gasteiger partial charge in [-0.15, -0.1) is 0 Å². The smallest absolute Gasteiger partial charge is 0.224 e. The molecule has 1 atom stereocenters. The van der Waals surface area contributed by atoms with Crippen molar-refractivity contribution in [3.8, 4) is 0 Å². The third-order valence-corrected chi connectivity index (χ3v) is 4.76. The molecule has 134 valence electrons. The van der Waals surface area contributed by atoms with E-state index in [1.807, 2.05) is 24.3 Å². The van der Waals surface area contributed by atoms with Crippen molar-refractivity contribution < 1.29 is 9.59 Å². The first-order valence-electron chi connectivity index (χ1n) is 8.79. The predicted molar refractivity (Wildman–Crippen MR) is 101 cm³/mol. The van der Waals surface area contributed by atoms with Crippen molar-refractivity contribution in [1.82, 2.24) is 9.88 Å². The molecule has 0 saturated heterocycles. The highest BCUT2D eigenvalue weighted by molar-refractivity contribution is 6.09. The fourth-order valence-electron chi connectivity index (χ4n) is 3.17. The molecule has 2 heterocycles. The van der Waals surface area contributed by atoms with Crippen LogP contribution in [-0.2, 0) is 22.6 Å². The highest BCUT2D eigenvalue weighted by atomic mass is 16.2. The molecule has 1 aromatic heterocycles. The zero-order valence-electron chi connectivity index (χ0n) is 15.4. The SMILES string of the molecule is CC(=O)N(C)C1=NCc2cc(CC(=O)C[C@H](C)c3ccccc3)ncc21. The number of aliphatic imine (C=N–C) groups is 1. The van der Waals surface area contributed by atoms with Gasteiger partial charge in [0.15, 0.2) is 0 Å². The third-order valence-electron chi connectivity index (χ3n) is 4.76. The number of benzene rings is 1. The van der Waals surface area contributed by atoms with Crippen LogP contribution in [0, 0.1) is 0 Å². The van der Waals surface area contributed by atoms with Crippen molar-refractivity contribution in [2.24, 2.45) is 4.99 Å². The Labute approximate surface area is 153 Å². The fraction of sp³-hybridized carbons (Fsp3) is 0.333. The van der Waals surface area contributed by atoms with Crippen LogP contribution in [0.25, 0.3) is 0 Å². The lowest BCUT2D eigenvalue weighted by Crippen LogP contribution is -2.31. The van der Waals surface area contributed by atoms with Gasteiger partial charge < -0.3 is 0 Å². The van der Waals surface area contributed by atoms with Gasteiger partial charge in [0.05, 0.1) is 6.54 Å². The Hall–Kier alpha value is -2.82. The summed E-state index contributed by atoms with van der Waals surface area (Å²) >= 11 is 0. The van der Waals surface area contributed by atoms with E-state index in [1.165, 1.54) is 17.4 Å². The number of hydrogen-bond donors (Lipinski definition) is 0. The van der Waals surface area contributed by atoms with Gasteiger partial charge in [-0.1, -0.05) is 37.3 Å². The molecule has 26 heavy (non-hydrogen) atoms. The molecule has 0 unspecified atom stereocenters. The Morgan fingerprint density at radius 2 is 1.96 bits per heavy atom. The monoisotopic (exact) mass is 349 g/mol. The predicted octanol–water partition coefficient (Wildman–Crippen LogP) is 3.13. The lowest BCUT2D eigenvalue weighted by molar-refractivity contribution is -0.124. The van der Waals surface area contributed by atoms with E-state index in [1.54, 1.807) is 13.2 Å². The average Bonchev–Trinajstić information content (AvgIpc) is 3.04. The lowest BCUT2D eigenvalue weighted by Gasteiger charge is -2.15. The summed E-state index contributed by atoms with van der Waals surface area (Å²) in [5.74, 6) is 0.951. The van der Waals surface area contributed by atoms with Crippen molar-refractivity contribution in [1.29, 1.82) is 0 Å². The summed E-state index contributed by atoms with van der Waals surface area (Å²) in [5, 5.41) is 0. The Kier molecular flexibility index (Phi) is 5.26. The Morgan fingerprint density at radius 3 is 2.65 bits per heavy atom. The molecular weight excluding hydrogens is 326 g/mol. The molecule has 0 N–H and O–H groups in total. The van der Waals surface area contributed by atoms with Crippen LogP contribution < -0.4 is 0 Å². The number of pyridine rings is 1. The number of Topliss-reactive ketones (excluding diaryl/α,β-unsaturated/α-hetero) is 1. The van der Waals surface area contributed by atoms with Crippen LogP contribution >= 0.6 is 0 Å². The zero-order chi connectivity index (χ0) is 18.7. The number of nitrogens with zero attached hydrogens (tertiary/aromatic N) is 3. The van der Waals surface area contributed by atoms with E-state index in [-0.39, 0.29) is 17.6 Å². The molecule has 2 aromatic rings. The summed E-state index contributed by atoms with van der Waals surface area (Å²) in [6, 6.07) is 12.0. The molecule has 0 fully saturated rings. The number of carbonyl (C=O) groups excluding carboxylic acids is 2. The topological polar surface area (TPSA) is 62.6 Å². The second-order valence-electron chi connectivity index (χ2n) is 6.78. The first-order chi connectivity index (χ1) is 12.5. The fourth-order valence-corrected chi connectivity index (χ4v) is 3.17. The molecule has 0 aliphatic carbocycles. The Balaban J connectivity index is 1.65. The van der Waals surface area contributed by atoms with Gasteiger partial charge >= 0.3 is 0 Å². The van der Waals surface area contributed by atoms with E-state index < -0.39 is 0 Å². The lowest BCUT2D eigenvalue weighted by atomic mass is 9.94. The third kappa shape index (κ3) is 3.87. The van der Waals surface area contributed by atoms with Gasteiger partial charge in [0, 0.05) is 44.3 Å². The van der Waals surface area contributed by atoms with Crippen LogP contribution in [0.4, 0.5) is 0 Å². The summed E-state index contributed by atoms with van der Waals surface area (Å²) in [7, 11) is 1.71. The number of aromatic nitrogens is 1. The minimum absolute atomic E-state index is 0.0641. The van der Waals surface area contributed by atoms with Crippen molar-refractivity contribution in [2.45, 2.75) is 39.2 Å². The first kappa shape index (κ1) is 18.0. The van der Waals surface area contributed by atoms with Gasteiger partial charge in [-0.05, 0) is 23.1 Å². The normalized spacial score (nSPS) is 13.7. The molecule has 0 radical (unpaired) electrons. The molecule has 3 rings (SSSR count). The summed E-state index contributed by atoms with van der Waals surface area (Å²) < 4.78 is 0. The highest BCUT2D eigenvalue weighted by Gasteiger charge is 2.22. The molecule has 0 bridgehead atoms. The van der Waals surface area contributed by atoms with Gasteiger partial charge in [-0.25, -0.2) is 0 Å². The number of rotatable bonds is 5. The minimum Gasteiger partial charge on any atom is -0.300 e. The van der Waals surface area contributed by atoms with Crippen molar-refractivity contribution in [2.75, 3.05) is 7.05 Å². The number of carbonyl (C=O) groups is 2. The molecule has 1 aliphatic rings. The van der Waals surface area contributed by atoms with Crippen LogP contribution in [-0.4, -0.2) is 34.5 Å². The van der Waals surface area contributed by atoms with Crippen LogP contribution in [0.15, 0.2) is 47.6 Å². The zero-order valence-corrected chi connectivity index (χ0v) is 15.4. The summed E-state index contributed by atoms with van der Waals surface area (Å²) in [6.45, 7) is 4.10. The van der Waals surface area contributed by atoms with Crippen LogP contribution in [0.5, 0.6) is 0 Å². The molecule has 1 aliphatic heterocycles. The van der Waals surface area contributed by atoms with Crippen LogP contribution in [0.1, 0.15) is 48.6 Å². The number of fused-ring (bicyclic) bond motifs is 1.